The summed E-state index contributed by atoms with van der Waals surface area (Å²) in [6.45, 7) is 8.32. The van der Waals surface area contributed by atoms with Gasteiger partial charge in [-0.3, -0.25) is 9.59 Å². The highest BCUT2D eigenvalue weighted by atomic mass is 16.5. The number of carbonyl (C=O) groups is 2. The lowest BCUT2D eigenvalue weighted by Crippen LogP contribution is -2.72. The number of methoxy groups -OCH3 is 1. The van der Waals surface area contributed by atoms with Gasteiger partial charge in [-0.2, -0.15) is 0 Å². The molecule has 104 valence electrons. The van der Waals surface area contributed by atoms with Crippen molar-refractivity contribution < 1.29 is 14.3 Å². The van der Waals surface area contributed by atoms with Crippen molar-refractivity contribution in [3.63, 3.8) is 0 Å². The van der Waals surface area contributed by atoms with Crippen LogP contribution in [0.5, 0.6) is 0 Å². The van der Waals surface area contributed by atoms with E-state index in [2.05, 4.69) is 5.32 Å². The third-order valence-electron chi connectivity index (χ3n) is 3.42. The molecule has 1 saturated heterocycles. The molecule has 0 bridgehead atoms. The van der Waals surface area contributed by atoms with Crippen molar-refractivity contribution in [2.24, 2.45) is 0 Å². The maximum Gasteiger partial charge on any atom is 0.248 e. The fourth-order valence-corrected chi connectivity index (χ4v) is 2.10. The Hall–Kier alpha value is -1.10. The fraction of sp³-hybridized carbons (Fsp3) is 0.846. The first-order chi connectivity index (χ1) is 8.23. The second kappa shape index (κ2) is 5.26. The first-order valence-corrected chi connectivity index (χ1v) is 6.37. The summed E-state index contributed by atoms with van der Waals surface area (Å²) >= 11 is 0. The molecule has 0 radical (unpaired) electrons. The first-order valence-electron chi connectivity index (χ1n) is 6.37. The summed E-state index contributed by atoms with van der Waals surface area (Å²) in [6.07, 6.45) is 1.73. The van der Waals surface area contributed by atoms with Crippen LogP contribution in [0.3, 0.4) is 0 Å². The first kappa shape index (κ1) is 15.0. The summed E-state index contributed by atoms with van der Waals surface area (Å²) in [4.78, 5) is 26.1. The van der Waals surface area contributed by atoms with E-state index in [1.54, 1.807) is 39.7 Å². The molecule has 0 aromatic carbocycles. The number of nitrogens with one attached hydrogen (secondary N) is 1. The predicted molar refractivity (Wildman–Crippen MR) is 69.1 cm³/mol. The number of carbonyl (C=O) groups excluding carboxylic acids is 2. The highest BCUT2D eigenvalue weighted by Crippen LogP contribution is 2.26. The lowest BCUT2D eigenvalue weighted by molar-refractivity contribution is -0.159. The third kappa shape index (κ3) is 2.83. The number of amides is 2. The topological polar surface area (TPSA) is 58.6 Å². The summed E-state index contributed by atoms with van der Waals surface area (Å²) in [5, 5.41) is 2.77. The van der Waals surface area contributed by atoms with Crippen LogP contribution in [0.1, 0.15) is 40.5 Å². The van der Waals surface area contributed by atoms with Gasteiger partial charge in [0.1, 0.15) is 11.1 Å². The van der Waals surface area contributed by atoms with Crippen molar-refractivity contribution in [2.45, 2.75) is 51.6 Å². The lowest BCUT2D eigenvalue weighted by Gasteiger charge is -2.47. The van der Waals surface area contributed by atoms with Crippen molar-refractivity contribution in [2.75, 3.05) is 20.3 Å². The molecule has 5 nitrogen and oxygen atoms in total. The van der Waals surface area contributed by atoms with Crippen LogP contribution in [0.15, 0.2) is 0 Å². The SMILES string of the molecule is COCCCCN1C(=O)C(C)(C)NC(=O)C1(C)C. The number of piperazine rings is 1. The van der Waals surface area contributed by atoms with E-state index in [1.165, 1.54) is 0 Å². The molecule has 0 unspecified atom stereocenters. The van der Waals surface area contributed by atoms with Crippen LogP contribution in [0.25, 0.3) is 0 Å². The Labute approximate surface area is 109 Å². The molecule has 0 atom stereocenters. The van der Waals surface area contributed by atoms with E-state index in [-0.39, 0.29) is 11.8 Å². The van der Waals surface area contributed by atoms with Gasteiger partial charge in [0.2, 0.25) is 11.8 Å². The molecule has 1 aliphatic heterocycles. The van der Waals surface area contributed by atoms with Crippen LogP contribution in [0, 0.1) is 0 Å². The molecule has 0 aromatic heterocycles. The monoisotopic (exact) mass is 256 g/mol. The van der Waals surface area contributed by atoms with Gasteiger partial charge < -0.3 is 15.0 Å². The number of rotatable bonds is 5. The summed E-state index contributed by atoms with van der Waals surface area (Å²) in [5.41, 5.74) is -1.59. The minimum Gasteiger partial charge on any atom is -0.385 e. The fourth-order valence-electron chi connectivity index (χ4n) is 2.10. The van der Waals surface area contributed by atoms with Crippen LogP contribution in [-0.4, -0.2) is 48.1 Å². The zero-order chi connectivity index (χ0) is 14.0. The molecular weight excluding hydrogens is 232 g/mol. The molecule has 0 aromatic rings. The molecule has 18 heavy (non-hydrogen) atoms. The van der Waals surface area contributed by atoms with Gasteiger partial charge in [0.25, 0.3) is 0 Å². The van der Waals surface area contributed by atoms with Crippen molar-refractivity contribution >= 4 is 11.8 Å². The molecule has 0 aliphatic carbocycles. The summed E-state index contributed by atoms with van der Waals surface area (Å²) in [7, 11) is 1.66. The Morgan fingerprint density at radius 1 is 1.17 bits per heavy atom. The Morgan fingerprint density at radius 3 is 2.33 bits per heavy atom. The van der Waals surface area contributed by atoms with E-state index < -0.39 is 11.1 Å². The van der Waals surface area contributed by atoms with Crippen molar-refractivity contribution in [3.8, 4) is 0 Å². The predicted octanol–water partition coefficient (Wildman–Crippen LogP) is 0.929. The standard InChI is InChI=1S/C13H24N2O3/c1-12(2)11(17)15(8-6-7-9-18-5)13(3,4)10(16)14-12/h6-9H2,1-5H3,(H,14,16). The van der Waals surface area contributed by atoms with E-state index in [9.17, 15) is 9.59 Å². The maximum atomic E-state index is 12.4. The Morgan fingerprint density at radius 2 is 1.78 bits per heavy atom. The quantitative estimate of drug-likeness (QED) is 0.744. The van der Waals surface area contributed by atoms with E-state index >= 15 is 0 Å². The highest BCUT2D eigenvalue weighted by molar-refractivity contribution is 6.01. The Bertz CT molecular complexity index is 337. The number of nitrogens with zero attached hydrogens (tertiary/aromatic N) is 1. The molecule has 1 heterocycles. The van der Waals surface area contributed by atoms with Gasteiger partial charge in [0, 0.05) is 20.3 Å². The van der Waals surface area contributed by atoms with Gasteiger partial charge in [-0.05, 0) is 40.5 Å². The Kier molecular flexibility index (Phi) is 4.37. The van der Waals surface area contributed by atoms with Crippen LogP contribution in [0.4, 0.5) is 0 Å². The normalized spacial score (nSPS) is 21.9. The van der Waals surface area contributed by atoms with Crippen LogP contribution in [-0.2, 0) is 14.3 Å². The second-order valence-corrected chi connectivity index (χ2v) is 5.79. The molecule has 0 saturated carbocycles. The number of hydrogen-bond acceptors (Lipinski definition) is 3. The zero-order valence-corrected chi connectivity index (χ0v) is 12.0. The number of hydrogen-bond donors (Lipinski definition) is 1. The second-order valence-electron chi connectivity index (χ2n) is 5.79. The van der Waals surface area contributed by atoms with Crippen molar-refractivity contribution in [1.29, 1.82) is 0 Å². The van der Waals surface area contributed by atoms with Gasteiger partial charge in [0.05, 0.1) is 0 Å². The van der Waals surface area contributed by atoms with Gasteiger partial charge >= 0.3 is 0 Å². The highest BCUT2D eigenvalue weighted by Gasteiger charge is 2.49. The molecule has 1 rings (SSSR count). The molecule has 1 N–H and O–H groups in total. The van der Waals surface area contributed by atoms with Gasteiger partial charge in [0.15, 0.2) is 0 Å². The van der Waals surface area contributed by atoms with Gasteiger partial charge in [-0.25, -0.2) is 0 Å². The van der Waals surface area contributed by atoms with E-state index in [0.717, 1.165) is 12.8 Å². The summed E-state index contributed by atoms with van der Waals surface area (Å²) in [6, 6.07) is 0. The molecular formula is C13H24N2O3. The zero-order valence-electron chi connectivity index (χ0n) is 12.0. The molecule has 2 amide bonds. The minimum absolute atomic E-state index is 0.0236. The smallest absolute Gasteiger partial charge is 0.248 e. The maximum absolute atomic E-state index is 12.4. The van der Waals surface area contributed by atoms with Gasteiger partial charge in [-0.15, -0.1) is 0 Å². The largest absolute Gasteiger partial charge is 0.385 e. The third-order valence-corrected chi connectivity index (χ3v) is 3.42. The van der Waals surface area contributed by atoms with E-state index in [4.69, 9.17) is 4.74 Å². The average molecular weight is 256 g/mol. The molecule has 0 spiro atoms. The van der Waals surface area contributed by atoms with Crippen LogP contribution < -0.4 is 5.32 Å². The molecule has 5 heteroatoms. The van der Waals surface area contributed by atoms with Crippen molar-refractivity contribution in [3.05, 3.63) is 0 Å². The van der Waals surface area contributed by atoms with Crippen LogP contribution in [0.2, 0.25) is 0 Å². The molecule has 1 fully saturated rings. The summed E-state index contributed by atoms with van der Waals surface area (Å²) in [5.74, 6) is -0.122. The van der Waals surface area contributed by atoms with Crippen molar-refractivity contribution in [1.82, 2.24) is 10.2 Å². The number of unbranched alkanes of at least 4 members (excludes halogenated alkanes) is 1. The lowest BCUT2D eigenvalue weighted by atomic mass is 9.89. The molecule has 1 aliphatic rings. The van der Waals surface area contributed by atoms with E-state index in [0.29, 0.717) is 13.2 Å². The van der Waals surface area contributed by atoms with Crippen LogP contribution >= 0.6 is 0 Å². The van der Waals surface area contributed by atoms with Gasteiger partial charge in [-0.1, -0.05) is 0 Å². The number of ether oxygens (including phenoxy) is 1. The minimum atomic E-state index is -0.812. The Balaban J connectivity index is 2.76. The van der Waals surface area contributed by atoms with E-state index in [1.807, 2.05) is 0 Å². The summed E-state index contributed by atoms with van der Waals surface area (Å²) < 4.78 is 4.99. The average Bonchev–Trinajstić information content (AvgIpc) is 2.25.